The fourth-order valence-electron chi connectivity index (χ4n) is 2.64. The van der Waals surface area contributed by atoms with E-state index >= 15 is 0 Å². The SMILES string of the molecule is COC(=O)c1cc(NC(=O)CN(Cc2ccccc2Cl)S(C)(=O)=O)cc(C(=O)OC)c1. The third-order valence-electron chi connectivity index (χ3n) is 4.15. The lowest BCUT2D eigenvalue weighted by atomic mass is 10.1. The lowest BCUT2D eigenvalue weighted by Gasteiger charge is -2.20. The number of amides is 1. The molecule has 2 aromatic carbocycles. The van der Waals surface area contributed by atoms with E-state index in [2.05, 4.69) is 14.8 Å². The van der Waals surface area contributed by atoms with E-state index in [4.69, 9.17) is 11.6 Å². The van der Waals surface area contributed by atoms with Gasteiger partial charge in [-0.15, -0.1) is 0 Å². The molecule has 0 aliphatic heterocycles. The van der Waals surface area contributed by atoms with Crippen molar-refractivity contribution in [1.29, 1.82) is 0 Å². The Morgan fingerprint density at radius 2 is 1.55 bits per heavy atom. The van der Waals surface area contributed by atoms with Gasteiger partial charge >= 0.3 is 11.9 Å². The molecule has 0 heterocycles. The summed E-state index contributed by atoms with van der Waals surface area (Å²) in [6, 6.07) is 10.5. The topological polar surface area (TPSA) is 119 Å². The number of carbonyl (C=O) groups excluding carboxylic acids is 3. The number of ether oxygens (including phenoxy) is 2. The van der Waals surface area contributed by atoms with Crippen molar-refractivity contribution in [3.05, 3.63) is 64.2 Å². The Kier molecular flexibility index (Phi) is 8.14. The highest BCUT2D eigenvalue weighted by Crippen LogP contribution is 2.20. The maximum absolute atomic E-state index is 12.6. The molecule has 0 saturated heterocycles. The van der Waals surface area contributed by atoms with Crippen molar-refractivity contribution in [2.24, 2.45) is 0 Å². The molecular weight excluding hydrogens is 448 g/mol. The van der Waals surface area contributed by atoms with Gasteiger partial charge in [0.15, 0.2) is 0 Å². The highest BCUT2D eigenvalue weighted by atomic mass is 35.5. The molecular formula is C20H21ClN2O7S. The summed E-state index contributed by atoms with van der Waals surface area (Å²) in [7, 11) is -1.41. The third kappa shape index (κ3) is 6.78. The van der Waals surface area contributed by atoms with Crippen LogP contribution in [0.4, 0.5) is 5.69 Å². The summed E-state index contributed by atoms with van der Waals surface area (Å²) >= 11 is 6.10. The Morgan fingerprint density at radius 3 is 2.03 bits per heavy atom. The van der Waals surface area contributed by atoms with Gasteiger partial charge in [-0.2, -0.15) is 4.31 Å². The maximum Gasteiger partial charge on any atom is 0.337 e. The predicted octanol–water partition coefficient (Wildman–Crippen LogP) is 2.31. The van der Waals surface area contributed by atoms with Crippen molar-refractivity contribution < 1.29 is 32.3 Å². The molecule has 0 atom stereocenters. The Bertz CT molecular complexity index is 1070. The number of esters is 2. The average Bonchev–Trinajstić information content (AvgIpc) is 2.72. The lowest BCUT2D eigenvalue weighted by molar-refractivity contribution is -0.116. The monoisotopic (exact) mass is 468 g/mol. The molecule has 0 aliphatic carbocycles. The molecule has 0 fully saturated rings. The van der Waals surface area contributed by atoms with E-state index in [9.17, 15) is 22.8 Å². The number of rotatable bonds is 8. The van der Waals surface area contributed by atoms with Crippen LogP contribution in [-0.2, 0) is 30.8 Å². The van der Waals surface area contributed by atoms with Gasteiger partial charge in [-0.1, -0.05) is 29.8 Å². The highest BCUT2D eigenvalue weighted by Gasteiger charge is 2.22. The minimum atomic E-state index is -3.75. The van der Waals surface area contributed by atoms with Crippen molar-refractivity contribution in [2.45, 2.75) is 6.54 Å². The number of benzene rings is 2. The van der Waals surface area contributed by atoms with E-state index < -0.39 is 34.4 Å². The number of hydrogen-bond donors (Lipinski definition) is 1. The van der Waals surface area contributed by atoms with E-state index in [1.807, 2.05) is 0 Å². The second-order valence-electron chi connectivity index (χ2n) is 6.45. The van der Waals surface area contributed by atoms with Crippen LogP contribution >= 0.6 is 11.6 Å². The molecule has 9 nitrogen and oxygen atoms in total. The van der Waals surface area contributed by atoms with E-state index in [1.54, 1.807) is 24.3 Å². The first-order chi connectivity index (χ1) is 14.5. The Hall–Kier alpha value is -2.95. The zero-order valence-electron chi connectivity index (χ0n) is 17.0. The average molecular weight is 469 g/mol. The van der Waals surface area contributed by atoms with E-state index in [0.29, 0.717) is 10.6 Å². The normalized spacial score (nSPS) is 11.1. The fourth-order valence-corrected chi connectivity index (χ4v) is 3.56. The molecule has 2 rings (SSSR count). The van der Waals surface area contributed by atoms with Gasteiger partial charge in [0, 0.05) is 17.3 Å². The summed E-state index contributed by atoms with van der Waals surface area (Å²) in [5.41, 5.74) is 0.649. The van der Waals surface area contributed by atoms with Gasteiger partial charge in [0.1, 0.15) is 0 Å². The fraction of sp³-hybridized carbons (Fsp3) is 0.250. The van der Waals surface area contributed by atoms with Crippen LogP contribution in [0.5, 0.6) is 0 Å². The van der Waals surface area contributed by atoms with Crippen LogP contribution in [0.25, 0.3) is 0 Å². The van der Waals surface area contributed by atoms with E-state index in [0.717, 1.165) is 10.6 Å². The van der Waals surface area contributed by atoms with Gasteiger partial charge in [0.2, 0.25) is 15.9 Å². The molecule has 2 aromatic rings. The van der Waals surface area contributed by atoms with Crippen molar-refractivity contribution in [1.82, 2.24) is 4.31 Å². The standard InChI is InChI=1S/C20H21ClN2O7S/c1-29-19(25)14-8-15(20(26)30-2)10-16(9-14)22-18(24)12-23(31(3,27)28)11-13-6-4-5-7-17(13)21/h4-10H,11-12H2,1-3H3,(H,22,24). The number of nitrogens with zero attached hydrogens (tertiary/aromatic N) is 1. The molecule has 0 unspecified atom stereocenters. The molecule has 0 aromatic heterocycles. The second kappa shape index (κ2) is 10.4. The quantitative estimate of drug-likeness (QED) is 0.590. The first kappa shape index (κ1) is 24.3. The molecule has 0 bridgehead atoms. The summed E-state index contributed by atoms with van der Waals surface area (Å²) in [5, 5.41) is 2.86. The third-order valence-corrected chi connectivity index (χ3v) is 5.72. The Labute approximate surface area is 184 Å². The molecule has 1 amide bonds. The summed E-state index contributed by atoms with van der Waals surface area (Å²) in [4.78, 5) is 36.3. The minimum Gasteiger partial charge on any atom is -0.465 e. The molecule has 0 radical (unpaired) electrons. The number of hydrogen-bond acceptors (Lipinski definition) is 7. The van der Waals surface area contributed by atoms with Crippen molar-refractivity contribution >= 4 is 45.2 Å². The van der Waals surface area contributed by atoms with Gasteiger partial charge in [-0.3, -0.25) is 4.79 Å². The number of methoxy groups -OCH3 is 2. The molecule has 0 aliphatic rings. The van der Waals surface area contributed by atoms with Crippen LogP contribution in [0.1, 0.15) is 26.3 Å². The molecule has 0 saturated carbocycles. The number of anilines is 1. The zero-order valence-corrected chi connectivity index (χ0v) is 18.6. The smallest absolute Gasteiger partial charge is 0.337 e. The van der Waals surface area contributed by atoms with Crippen LogP contribution < -0.4 is 5.32 Å². The van der Waals surface area contributed by atoms with Crippen molar-refractivity contribution in [3.63, 3.8) is 0 Å². The zero-order chi connectivity index (χ0) is 23.2. The van der Waals surface area contributed by atoms with Gasteiger partial charge in [0.25, 0.3) is 0 Å². The molecule has 11 heteroatoms. The Balaban J connectivity index is 2.26. The highest BCUT2D eigenvalue weighted by molar-refractivity contribution is 7.88. The number of halogens is 1. The van der Waals surface area contributed by atoms with Crippen LogP contribution in [0.2, 0.25) is 5.02 Å². The van der Waals surface area contributed by atoms with Crippen LogP contribution in [0, 0.1) is 0 Å². The van der Waals surface area contributed by atoms with Crippen LogP contribution in [-0.4, -0.2) is 57.6 Å². The Morgan fingerprint density at radius 1 is 1.00 bits per heavy atom. The second-order valence-corrected chi connectivity index (χ2v) is 8.84. The molecule has 1 N–H and O–H groups in total. The lowest BCUT2D eigenvalue weighted by Crippen LogP contribution is -2.37. The van der Waals surface area contributed by atoms with Gasteiger partial charge < -0.3 is 14.8 Å². The molecule has 166 valence electrons. The van der Waals surface area contributed by atoms with Gasteiger partial charge in [-0.25, -0.2) is 18.0 Å². The predicted molar refractivity (Wildman–Crippen MR) is 114 cm³/mol. The number of sulfonamides is 1. The number of nitrogens with one attached hydrogen (secondary N) is 1. The summed E-state index contributed by atoms with van der Waals surface area (Å²) < 4.78 is 34.6. The van der Waals surface area contributed by atoms with Crippen LogP contribution in [0.3, 0.4) is 0 Å². The number of carbonyl (C=O) groups is 3. The van der Waals surface area contributed by atoms with E-state index in [1.165, 1.54) is 32.4 Å². The van der Waals surface area contributed by atoms with Gasteiger partial charge in [0.05, 0.1) is 38.1 Å². The first-order valence-corrected chi connectivity index (χ1v) is 11.1. The maximum atomic E-state index is 12.6. The largest absolute Gasteiger partial charge is 0.465 e. The first-order valence-electron chi connectivity index (χ1n) is 8.85. The van der Waals surface area contributed by atoms with Gasteiger partial charge in [-0.05, 0) is 29.8 Å². The summed E-state index contributed by atoms with van der Waals surface area (Å²) in [5.74, 6) is -2.13. The van der Waals surface area contributed by atoms with E-state index in [-0.39, 0.29) is 23.4 Å². The molecule has 31 heavy (non-hydrogen) atoms. The van der Waals surface area contributed by atoms with Crippen molar-refractivity contribution in [3.8, 4) is 0 Å². The summed E-state index contributed by atoms with van der Waals surface area (Å²) in [6.07, 6.45) is 0.977. The van der Waals surface area contributed by atoms with Crippen LogP contribution in [0.15, 0.2) is 42.5 Å². The molecule has 0 spiro atoms. The summed E-state index contributed by atoms with van der Waals surface area (Å²) in [6.45, 7) is -0.623. The van der Waals surface area contributed by atoms with Crippen molar-refractivity contribution in [2.75, 3.05) is 32.3 Å². The minimum absolute atomic E-state index is 0.0109.